The molecule has 6 aromatic carbocycles. The van der Waals surface area contributed by atoms with Gasteiger partial charge in [0.05, 0.1) is 5.56 Å². The van der Waals surface area contributed by atoms with Crippen LogP contribution in [0.5, 0.6) is 0 Å². The highest BCUT2D eigenvalue weighted by Gasteiger charge is 2.23. The van der Waals surface area contributed by atoms with Crippen molar-refractivity contribution in [1.29, 1.82) is 0 Å². The monoisotopic (exact) mass is 604 g/mol. The average molecular weight is 605 g/mol. The zero-order valence-electron chi connectivity index (χ0n) is 25.6. The Morgan fingerprint density at radius 3 is 1.85 bits per heavy atom. The average Bonchev–Trinajstić information content (AvgIpc) is 3.64. The van der Waals surface area contributed by atoms with Crippen LogP contribution < -0.4 is 5.73 Å². The summed E-state index contributed by atoms with van der Waals surface area (Å²) in [6, 6.07) is 46.1. The number of nitrogens with zero attached hydrogens (tertiary/aromatic N) is 3. The molecule has 2 aromatic heterocycles. The fraction of sp³-hybridized carbons (Fsp3) is 0.0238. The highest BCUT2D eigenvalue weighted by atomic mass is 16.3. The third-order valence-corrected chi connectivity index (χ3v) is 9.09. The van der Waals surface area contributed by atoms with Gasteiger partial charge in [-0.25, -0.2) is 15.0 Å². The van der Waals surface area contributed by atoms with E-state index in [4.69, 9.17) is 25.1 Å². The largest absolute Gasteiger partial charge is 0.440 e. The summed E-state index contributed by atoms with van der Waals surface area (Å²) in [5.74, 6) is 2.04. The molecule has 0 saturated carbocycles. The van der Waals surface area contributed by atoms with Crippen molar-refractivity contribution in [2.24, 2.45) is 0 Å². The fourth-order valence-corrected chi connectivity index (χ4v) is 6.93. The number of nitrogen functional groups attached to an aromatic ring is 1. The Labute approximate surface area is 271 Å². The van der Waals surface area contributed by atoms with Crippen molar-refractivity contribution in [3.8, 4) is 56.2 Å². The van der Waals surface area contributed by atoms with Gasteiger partial charge >= 0.3 is 0 Å². The highest BCUT2D eigenvalue weighted by Crippen LogP contribution is 2.49. The summed E-state index contributed by atoms with van der Waals surface area (Å²) < 4.78 is 5.92. The Balaban J connectivity index is 1.16. The molecular weight excluding hydrogens is 576 g/mol. The predicted molar refractivity (Wildman–Crippen MR) is 191 cm³/mol. The molecule has 222 valence electrons. The Morgan fingerprint density at radius 1 is 0.532 bits per heavy atom. The number of fused-ring (bicyclic) bond motifs is 4. The summed E-state index contributed by atoms with van der Waals surface area (Å²) in [4.78, 5) is 14.9. The summed E-state index contributed by atoms with van der Waals surface area (Å²) in [6.45, 7) is 1.97. The zero-order chi connectivity index (χ0) is 31.5. The van der Waals surface area contributed by atoms with Crippen molar-refractivity contribution in [2.45, 2.75) is 6.92 Å². The number of nitrogens with two attached hydrogens (primary N) is 1. The Kier molecular flexibility index (Phi) is 6.12. The van der Waals surface area contributed by atoms with Gasteiger partial charge in [-0.15, -0.1) is 0 Å². The van der Waals surface area contributed by atoms with E-state index in [0.717, 1.165) is 38.8 Å². The van der Waals surface area contributed by atoms with Crippen LogP contribution in [0.4, 0.5) is 5.88 Å². The Morgan fingerprint density at radius 2 is 1.11 bits per heavy atom. The van der Waals surface area contributed by atoms with Crippen LogP contribution in [0.25, 0.3) is 83.5 Å². The molecule has 1 aliphatic rings. The van der Waals surface area contributed by atoms with Gasteiger partial charge in [0.25, 0.3) is 0 Å². The van der Waals surface area contributed by atoms with Crippen LogP contribution in [0.3, 0.4) is 0 Å². The van der Waals surface area contributed by atoms with E-state index < -0.39 is 0 Å². The van der Waals surface area contributed by atoms with Gasteiger partial charge in [0.15, 0.2) is 23.4 Å². The van der Waals surface area contributed by atoms with Crippen molar-refractivity contribution in [2.75, 3.05) is 5.73 Å². The topological polar surface area (TPSA) is 77.8 Å². The van der Waals surface area contributed by atoms with E-state index in [1.165, 1.54) is 38.6 Å². The molecule has 0 atom stereocenters. The van der Waals surface area contributed by atoms with E-state index in [0.29, 0.717) is 23.4 Å². The van der Waals surface area contributed by atoms with E-state index in [9.17, 15) is 0 Å². The molecule has 0 aliphatic heterocycles. The molecule has 0 radical (unpaired) electrons. The summed E-state index contributed by atoms with van der Waals surface area (Å²) in [5.41, 5.74) is 18.1. The minimum atomic E-state index is 0.334. The Bertz CT molecular complexity index is 2500. The van der Waals surface area contributed by atoms with Crippen molar-refractivity contribution in [3.63, 3.8) is 0 Å². The van der Waals surface area contributed by atoms with Crippen LogP contribution in [0.2, 0.25) is 0 Å². The SMILES string of the molecule is C/C=C(/c1nc(-c2ccccc2)nc(-c2ccc(-c3ccc4c5c(cccc35)-c3ccccc3-4)cc2)n1)c1c(N)oc2ccccc12. The molecule has 2 heterocycles. The molecule has 0 saturated heterocycles. The first-order valence-electron chi connectivity index (χ1n) is 15.7. The molecule has 8 aromatic rings. The van der Waals surface area contributed by atoms with Gasteiger partial charge in [-0.3, -0.25) is 0 Å². The van der Waals surface area contributed by atoms with Gasteiger partial charge in [0, 0.05) is 22.1 Å². The number of rotatable bonds is 5. The first-order valence-corrected chi connectivity index (χ1v) is 15.7. The van der Waals surface area contributed by atoms with Gasteiger partial charge in [0.1, 0.15) is 5.58 Å². The molecule has 5 nitrogen and oxygen atoms in total. The van der Waals surface area contributed by atoms with Crippen molar-refractivity contribution >= 4 is 33.2 Å². The van der Waals surface area contributed by atoms with Crippen molar-refractivity contribution in [1.82, 2.24) is 15.0 Å². The molecule has 47 heavy (non-hydrogen) atoms. The first kappa shape index (κ1) is 27.0. The quantitative estimate of drug-likeness (QED) is 0.211. The van der Waals surface area contributed by atoms with Crippen LogP contribution in [-0.4, -0.2) is 15.0 Å². The van der Waals surface area contributed by atoms with Gasteiger partial charge in [0.2, 0.25) is 0 Å². The molecule has 0 spiro atoms. The second-order valence-corrected chi connectivity index (χ2v) is 11.7. The van der Waals surface area contributed by atoms with Gasteiger partial charge in [-0.2, -0.15) is 0 Å². The van der Waals surface area contributed by atoms with E-state index in [2.05, 4.69) is 78.9 Å². The molecule has 2 N–H and O–H groups in total. The molecule has 1 aliphatic carbocycles. The number of anilines is 1. The fourth-order valence-electron chi connectivity index (χ4n) is 6.93. The number of benzene rings is 6. The van der Waals surface area contributed by atoms with Crippen LogP contribution >= 0.6 is 0 Å². The van der Waals surface area contributed by atoms with E-state index in [1.54, 1.807) is 0 Å². The minimum absolute atomic E-state index is 0.334. The van der Waals surface area contributed by atoms with Gasteiger partial charge in [-0.1, -0.05) is 133 Å². The van der Waals surface area contributed by atoms with Crippen LogP contribution in [0.1, 0.15) is 18.3 Å². The summed E-state index contributed by atoms with van der Waals surface area (Å²) in [5, 5.41) is 3.48. The standard InChI is InChI=1S/C42H28N4O/c1-2-28(38-35-15-8-9-18-36(35)47-39(38)43)42-45-40(26-11-4-3-5-12-26)44-41(46-42)27-21-19-25(20-22-27)29-23-24-34-31-14-7-6-13-30(31)33-17-10-16-32(29)37(33)34/h2-24H,43H2,1H3/b28-2+. The van der Waals surface area contributed by atoms with Gasteiger partial charge in [-0.05, 0) is 57.1 Å². The summed E-state index contributed by atoms with van der Waals surface area (Å²) in [7, 11) is 0. The second kappa shape index (κ2) is 10.6. The predicted octanol–water partition coefficient (Wildman–Crippen LogP) is 10.5. The van der Waals surface area contributed by atoms with Crippen molar-refractivity contribution in [3.05, 3.63) is 151 Å². The number of hydrogen-bond donors (Lipinski definition) is 1. The zero-order valence-corrected chi connectivity index (χ0v) is 25.6. The lowest BCUT2D eigenvalue weighted by atomic mass is 9.94. The lowest BCUT2D eigenvalue weighted by Gasteiger charge is -2.12. The third-order valence-electron chi connectivity index (χ3n) is 9.09. The number of hydrogen-bond acceptors (Lipinski definition) is 5. The van der Waals surface area contributed by atoms with Crippen LogP contribution in [0, 0.1) is 0 Å². The summed E-state index contributed by atoms with van der Waals surface area (Å²) >= 11 is 0. The maximum Gasteiger partial charge on any atom is 0.199 e. The smallest absolute Gasteiger partial charge is 0.199 e. The lowest BCUT2D eigenvalue weighted by Crippen LogP contribution is -2.04. The van der Waals surface area contributed by atoms with Crippen LogP contribution in [0.15, 0.2) is 144 Å². The van der Waals surface area contributed by atoms with Gasteiger partial charge < -0.3 is 10.2 Å². The molecule has 0 amide bonds. The molecule has 9 rings (SSSR count). The molecule has 0 bridgehead atoms. The molecular formula is C42H28N4O. The molecule has 0 unspecified atom stereocenters. The minimum Gasteiger partial charge on any atom is -0.440 e. The number of para-hydroxylation sites is 1. The maximum atomic E-state index is 6.45. The van der Waals surface area contributed by atoms with E-state index in [-0.39, 0.29) is 0 Å². The number of aromatic nitrogens is 3. The second-order valence-electron chi connectivity index (χ2n) is 11.7. The highest BCUT2D eigenvalue weighted by molar-refractivity contribution is 6.18. The van der Waals surface area contributed by atoms with Crippen LogP contribution in [-0.2, 0) is 0 Å². The third kappa shape index (κ3) is 4.28. The van der Waals surface area contributed by atoms with E-state index >= 15 is 0 Å². The van der Waals surface area contributed by atoms with E-state index in [1.807, 2.05) is 67.6 Å². The lowest BCUT2D eigenvalue weighted by molar-refractivity contribution is 0.636. The first-order chi connectivity index (χ1) is 23.2. The maximum absolute atomic E-state index is 6.45. The Hall–Kier alpha value is -6.33. The normalized spacial score (nSPS) is 12.1. The number of allylic oxidation sites excluding steroid dienone is 1. The molecule has 5 heteroatoms. The number of furan rings is 1. The summed E-state index contributed by atoms with van der Waals surface area (Å²) in [6.07, 6.45) is 1.98. The van der Waals surface area contributed by atoms with Crippen molar-refractivity contribution < 1.29 is 4.42 Å². The molecule has 0 fully saturated rings.